The number of fused-ring (bicyclic) bond motifs is 1. The second kappa shape index (κ2) is 3.40. The second-order valence-corrected chi connectivity index (χ2v) is 3.67. The van der Waals surface area contributed by atoms with Gasteiger partial charge >= 0.3 is 0 Å². The molecule has 78 valence electrons. The summed E-state index contributed by atoms with van der Waals surface area (Å²) in [4.78, 5) is 22.4. The van der Waals surface area contributed by atoms with Gasteiger partial charge in [0, 0.05) is 0 Å². The maximum absolute atomic E-state index is 11.4. The molecular weight excluding hydrogens is 241 g/mol. The molecule has 0 atom stereocenters. The number of Topliss-reactive ketones (excluding diaryl/α,β-unsaturated/α-hetero) is 1. The molecule has 15 heavy (non-hydrogen) atoms. The van der Waals surface area contributed by atoms with Crippen molar-refractivity contribution in [3.63, 3.8) is 0 Å². The molecule has 0 spiro atoms. The van der Waals surface area contributed by atoms with E-state index in [4.69, 9.17) is 27.9 Å². The summed E-state index contributed by atoms with van der Waals surface area (Å²) in [6, 6.07) is 1.39. The number of carbonyl (C=O) groups is 2. The molecule has 1 aliphatic rings. The van der Waals surface area contributed by atoms with Gasteiger partial charge in [0.25, 0.3) is 11.7 Å². The summed E-state index contributed by atoms with van der Waals surface area (Å²) in [6.07, 6.45) is 0. The Morgan fingerprint density at radius 3 is 2.53 bits per heavy atom. The summed E-state index contributed by atoms with van der Waals surface area (Å²) in [7, 11) is 1.40. The Bertz CT molecular complexity index is 485. The fourth-order valence-corrected chi connectivity index (χ4v) is 1.81. The molecule has 1 aliphatic heterocycles. The normalized spacial score (nSPS) is 13.8. The van der Waals surface area contributed by atoms with Crippen molar-refractivity contribution in [2.75, 3.05) is 12.4 Å². The Balaban J connectivity index is 2.71. The number of anilines is 1. The van der Waals surface area contributed by atoms with Crippen LogP contribution in [0.3, 0.4) is 0 Å². The van der Waals surface area contributed by atoms with E-state index in [1.807, 2.05) is 0 Å². The van der Waals surface area contributed by atoms with Crippen LogP contribution in [0.5, 0.6) is 5.75 Å². The minimum Gasteiger partial charge on any atom is -0.495 e. The smallest absolute Gasteiger partial charge is 0.296 e. The van der Waals surface area contributed by atoms with Crippen LogP contribution in [-0.2, 0) is 4.79 Å². The molecule has 1 aromatic carbocycles. The molecule has 0 radical (unpaired) electrons. The minimum absolute atomic E-state index is 0.116. The highest BCUT2D eigenvalue weighted by atomic mass is 35.5. The van der Waals surface area contributed by atoms with Gasteiger partial charge in [-0.15, -0.1) is 0 Å². The van der Waals surface area contributed by atoms with Crippen molar-refractivity contribution < 1.29 is 14.3 Å². The highest BCUT2D eigenvalue weighted by molar-refractivity contribution is 6.55. The molecule has 0 saturated heterocycles. The third kappa shape index (κ3) is 1.37. The number of rotatable bonds is 1. The van der Waals surface area contributed by atoms with Crippen LogP contribution < -0.4 is 10.1 Å². The van der Waals surface area contributed by atoms with Crippen molar-refractivity contribution in [2.45, 2.75) is 0 Å². The van der Waals surface area contributed by atoms with Gasteiger partial charge in [-0.2, -0.15) is 0 Å². The van der Waals surface area contributed by atoms with E-state index in [0.29, 0.717) is 0 Å². The van der Waals surface area contributed by atoms with Crippen molar-refractivity contribution in [3.05, 3.63) is 21.7 Å². The SMILES string of the molecule is COc1cc2c(c(Cl)c1Cl)NC(=O)C2=O. The number of hydrogen-bond acceptors (Lipinski definition) is 3. The number of halogens is 2. The minimum atomic E-state index is -0.712. The van der Waals surface area contributed by atoms with Gasteiger partial charge in [0.2, 0.25) is 0 Å². The first-order chi connectivity index (χ1) is 7.06. The fourth-order valence-electron chi connectivity index (χ4n) is 1.35. The lowest BCUT2D eigenvalue weighted by Gasteiger charge is -2.07. The van der Waals surface area contributed by atoms with E-state index >= 15 is 0 Å². The Morgan fingerprint density at radius 1 is 1.27 bits per heavy atom. The number of nitrogens with one attached hydrogen (secondary N) is 1. The summed E-state index contributed by atoms with van der Waals surface area (Å²) in [5.41, 5.74) is 0.434. The van der Waals surface area contributed by atoms with Gasteiger partial charge in [-0.25, -0.2) is 0 Å². The van der Waals surface area contributed by atoms with E-state index in [-0.39, 0.29) is 27.0 Å². The number of amides is 1. The Hall–Kier alpha value is -1.26. The van der Waals surface area contributed by atoms with Crippen molar-refractivity contribution in [1.29, 1.82) is 0 Å². The Morgan fingerprint density at radius 2 is 1.93 bits per heavy atom. The van der Waals surface area contributed by atoms with E-state index in [2.05, 4.69) is 5.32 Å². The fraction of sp³-hybridized carbons (Fsp3) is 0.111. The monoisotopic (exact) mass is 245 g/mol. The standard InChI is InChI=1S/C9H5Cl2NO3/c1-15-4-2-3-7(6(11)5(4)10)12-9(14)8(3)13/h2H,1H3,(H,12,13,14). The average Bonchev–Trinajstić information content (AvgIpc) is 2.50. The lowest BCUT2D eigenvalue weighted by molar-refractivity contribution is -0.112. The molecule has 4 nitrogen and oxygen atoms in total. The van der Waals surface area contributed by atoms with E-state index in [1.54, 1.807) is 0 Å². The van der Waals surface area contributed by atoms with Crippen LogP contribution in [0.25, 0.3) is 0 Å². The molecule has 2 rings (SSSR count). The first kappa shape index (κ1) is 10.3. The maximum atomic E-state index is 11.4. The van der Waals surface area contributed by atoms with Gasteiger partial charge in [-0.3, -0.25) is 9.59 Å². The zero-order valence-corrected chi connectivity index (χ0v) is 9.07. The molecule has 1 N–H and O–H groups in total. The quantitative estimate of drug-likeness (QED) is 0.772. The van der Waals surface area contributed by atoms with E-state index in [1.165, 1.54) is 13.2 Å². The molecule has 0 aliphatic carbocycles. The van der Waals surface area contributed by atoms with Crippen molar-refractivity contribution in [2.24, 2.45) is 0 Å². The first-order valence-corrected chi connectivity index (χ1v) is 4.73. The van der Waals surface area contributed by atoms with Gasteiger partial charge < -0.3 is 10.1 Å². The van der Waals surface area contributed by atoms with Crippen LogP contribution in [0, 0.1) is 0 Å². The molecule has 6 heteroatoms. The highest BCUT2D eigenvalue weighted by Crippen LogP contribution is 2.42. The van der Waals surface area contributed by atoms with Gasteiger partial charge in [0.1, 0.15) is 10.8 Å². The van der Waals surface area contributed by atoms with Crippen LogP contribution in [0.2, 0.25) is 10.0 Å². The van der Waals surface area contributed by atoms with Crippen LogP contribution >= 0.6 is 23.2 Å². The Labute approximate surface area is 95.1 Å². The molecule has 0 aromatic heterocycles. The van der Waals surface area contributed by atoms with Gasteiger partial charge in [0.05, 0.1) is 23.4 Å². The molecule has 1 heterocycles. The largest absolute Gasteiger partial charge is 0.495 e. The van der Waals surface area contributed by atoms with Crippen molar-refractivity contribution in [3.8, 4) is 5.75 Å². The zero-order valence-electron chi connectivity index (χ0n) is 7.56. The summed E-state index contributed by atoms with van der Waals surface area (Å²) in [6.45, 7) is 0. The summed E-state index contributed by atoms with van der Waals surface area (Å²) in [5, 5.41) is 2.64. The number of ether oxygens (including phenoxy) is 1. The number of ketones is 1. The van der Waals surface area contributed by atoms with Gasteiger partial charge in [-0.1, -0.05) is 23.2 Å². The first-order valence-electron chi connectivity index (χ1n) is 3.98. The van der Waals surface area contributed by atoms with E-state index in [9.17, 15) is 9.59 Å². The number of carbonyl (C=O) groups excluding carboxylic acids is 2. The topological polar surface area (TPSA) is 55.4 Å². The highest BCUT2D eigenvalue weighted by Gasteiger charge is 2.32. The number of methoxy groups -OCH3 is 1. The molecular formula is C9H5Cl2NO3. The molecule has 0 unspecified atom stereocenters. The van der Waals surface area contributed by atoms with Crippen molar-refractivity contribution in [1.82, 2.24) is 0 Å². The average molecular weight is 246 g/mol. The third-order valence-electron chi connectivity index (χ3n) is 2.08. The molecule has 0 saturated carbocycles. The van der Waals surface area contributed by atoms with Crippen LogP contribution in [0.1, 0.15) is 10.4 Å². The lowest BCUT2D eigenvalue weighted by atomic mass is 10.1. The summed E-state index contributed by atoms with van der Waals surface area (Å²) in [5.74, 6) is -1.08. The maximum Gasteiger partial charge on any atom is 0.296 e. The third-order valence-corrected chi connectivity index (χ3v) is 2.93. The molecule has 0 fully saturated rings. The number of benzene rings is 1. The summed E-state index contributed by atoms with van der Waals surface area (Å²) < 4.78 is 4.93. The molecule has 0 bridgehead atoms. The number of hydrogen-bond donors (Lipinski definition) is 1. The summed E-state index contributed by atoms with van der Waals surface area (Å²) >= 11 is 11.7. The molecule has 1 aromatic rings. The second-order valence-electron chi connectivity index (χ2n) is 2.91. The zero-order chi connectivity index (χ0) is 11.2. The van der Waals surface area contributed by atoms with E-state index < -0.39 is 11.7 Å². The van der Waals surface area contributed by atoms with Crippen LogP contribution in [0.15, 0.2) is 6.07 Å². The van der Waals surface area contributed by atoms with E-state index in [0.717, 1.165) is 0 Å². The predicted molar refractivity (Wildman–Crippen MR) is 56.0 cm³/mol. The Kier molecular flexibility index (Phi) is 2.32. The van der Waals surface area contributed by atoms with Crippen LogP contribution in [-0.4, -0.2) is 18.8 Å². The van der Waals surface area contributed by atoms with Gasteiger partial charge in [-0.05, 0) is 6.07 Å². The van der Waals surface area contributed by atoms with Crippen molar-refractivity contribution >= 4 is 40.6 Å². The van der Waals surface area contributed by atoms with Crippen LogP contribution in [0.4, 0.5) is 5.69 Å². The predicted octanol–water partition coefficient (Wildman–Crippen LogP) is 2.14. The molecule has 1 amide bonds. The van der Waals surface area contributed by atoms with Gasteiger partial charge in [0.15, 0.2) is 0 Å². The lowest BCUT2D eigenvalue weighted by Crippen LogP contribution is -2.12.